The van der Waals surface area contributed by atoms with Crippen LogP contribution in [0.15, 0.2) is 48.5 Å². The number of carboxylic acids is 1. The van der Waals surface area contributed by atoms with Crippen LogP contribution in [0.4, 0.5) is 0 Å². The van der Waals surface area contributed by atoms with Gasteiger partial charge in [-0.1, -0.05) is 24.3 Å². The van der Waals surface area contributed by atoms with Gasteiger partial charge in [0.15, 0.2) is 0 Å². The first kappa shape index (κ1) is 17.7. The summed E-state index contributed by atoms with van der Waals surface area (Å²) >= 11 is 0. The number of carbonyl (C=O) groups excluding carboxylic acids is 2. The molecule has 0 bridgehead atoms. The highest BCUT2D eigenvalue weighted by molar-refractivity contribution is 5.95. The van der Waals surface area contributed by atoms with Crippen LogP contribution in [0.25, 0.3) is 0 Å². The van der Waals surface area contributed by atoms with Gasteiger partial charge < -0.3 is 15.3 Å². The lowest BCUT2D eigenvalue weighted by atomic mass is 10.1. The zero-order valence-electron chi connectivity index (χ0n) is 14.3. The Balaban J connectivity index is 1.64. The lowest BCUT2D eigenvalue weighted by Gasteiger charge is -2.18. The van der Waals surface area contributed by atoms with Crippen LogP contribution in [-0.2, 0) is 17.9 Å². The highest BCUT2D eigenvalue weighted by Crippen LogP contribution is 2.17. The molecule has 6 nitrogen and oxygen atoms in total. The summed E-state index contributed by atoms with van der Waals surface area (Å²) in [5.41, 5.74) is 2.52. The second-order valence-electron chi connectivity index (χ2n) is 6.25. The summed E-state index contributed by atoms with van der Waals surface area (Å²) in [7, 11) is 0. The van der Waals surface area contributed by atoms with Crippen LogP contribution in [0.2, 0.25) is 0 Å². The number of amides is 2. The number of likely N-dealkylation sites (tertiary alicyclic amines) is 1. The molecular formula is C20H20N2O4. The van der Waals surface area contributed by atoms with Crippen molar-refractivity contribution in [3.63, 3.8) is 0 Å². The summed E-state index contributed by atoms with van der Waals surface area (Å²) in [5, 5.41) is 11.8. The number of benzene rings is 2. The normalized spacial score (nSPS) is 13.7. The van der Waals surface area contributed by atoms with E-state index in [9.17, 15) is 14.4 Å². The second kappa shape index (κ2) is 7.82. The minimum Gasteiger partial charge on any atom is -0.478 e. The minimum absolute atomic E-state index is 0.141. The van der Waals surface area contributed by atoms with E-state index in [1.165, 1.54) is 24.3 Å². The molecule has 0 radical (unpaired) electrons. The van der Waals surface area contributed by atoms with Crippen molar-refractivity contribution in [2.24, 2.45) is 0 Å². The number of nitrogens with zero attached hydrogens (tertiary/aromatic N) is 1. The Hall–Kier alpha value is -3.15. The van der Waals surface area contributed by atoms with E-state index in [4.69, 9.17) is 5.11 Å². The summed E-state index contributed by atoms with van der Waals surface area (Å²) in [6.45, 7) is 1.67. The molecule has 0 spiro atoms. The molecule has 1 fully saturated rings. The van der Waals surface area contributed by atoms with Crippen LogP contribution in [0.3, 0.4) is 0 Å². The quantitative estimate of drug-likeness (QED) is 0.836. The van der Waals surface area contributed by atoms with Gasteiger partial charge in [0.25, 0.3) is 5.91 Å². The third-order valence-electron chi connectivity index (χ3n) is 4.48. The van der Waals surface area contributed by atoms with Crippen LogP contribution in [0.1, 0.15) is 44.7 Å². The Labute approximate surface area is 151 Å². The average molecular weight is 352 g/mol. The molecule has 0 aromatic heterocycles. The van der Waals surface area contributed by atoms with Crippen molar-refractivity contribution in [2.45, 2.75) is 25.9 Å². The van der Waals surface area contributed by atoms with Gasteiger partial charge in [0.05, 0.1) is 5.56 Å². The molecule has 0 atom stereocenters. The summed E-state index contributed by atoms with van der Waals surface area (Å²) < 4.78 is 0. The van der Waals surface area contributed by atoms with Gasteiger partial charge >= 0.3 is 5.97 Å². The van der Waals surface area contributed by atoms with E-state index in [1.807, 2.05) is 29.2 Å². The molecule has 6 heteroatoms. The summed E-state index contributed by atoms with van der Waals surface area (Å²) in [6, 6.07) is 13.5. The van der Waals surface area contributed by atoms with E-state index in [-0.39, 0.29) is 17.4 Å². The maximum atomic E-state index is 12.3. The van der Waals surface area contributed by atoms with E-state index in [0.29, 0.717) is 25.1 Å². The molecular weight excluding hydrogens is 332 g/mol. The number of hydrogen-bond donors (Lipinski definition) is 2. The van der Waals surface area contributed by atoms with Crippen molar-refractivity contribution >= 4 is 17.8 Å². The second-order valence-corrected chi connectivity index (χ2v) is 6.25. The number of hydrogen-bond acceptors (Lipinski definition) is 3. The average Bonchev–Trinajstić information content (AvgIpc) is 3.05. The highest BCUT2D eigenvalue weighted by atomic mass is 16.4. The van der Waals surface area contributed by atoms with Crippen LogP contribution in [0, 0.1) is 0 Å². The van der Waals surface area contributed by atoms with Crippen LogP contribution < -0.4 is 5.32 Å². The molecule has 2 N–H and O–H groups in total. The SMILES string of the molecule is O=C(O)c1ccc(C(=O)NCc2ccccc2CN2CCCC2=O)cc1. The fraction of sp³-hybridized carbons (Fsp3) is 0.250. The van der Waals surface area contributed by atoms with E-state index in [1.54, 1.807) is 0 Å². The van der Waals surface area contributed by atoms with Gasteiger partial charge in [0.2, 0.25) is 5.91 Å². The molecule has 0 saturated carbocycles. The summed E-state index contributed by atoms with van der Waals surface area (Å²) in [5.74, 6) is -1.13. The van der Waals surface area contributed by atoms with Crippen molar-refractivity contribution in [3.8, 4) is 0 Å². The summed E-state index contributed by atoms with van der Waals surface area (Å²) in [6.07, 6.45) is 1.50. The Morgan fingerprint density at radius 2 is 1.65 bits per heavy atom. The van der Waals surface area contributed by atoms with Crippen LogP contribution >= 0.6 is 0 Å². The van der Waals surface area contributed by atoms with E-state index >= 15 is 0 Å². The molecule has 1 aliphatic rings. The Morgan fingerprint density at radius 1 is 1.00 bits per heavy atom. The molecule has 0 unspecified atom stereocenters. The Morgan fingerprint density at radius 3 is 2.27 bits per heavy atom. The third-order valence-corrected chi connectivity index (χ3v) is 4.48. The standard InChI is InChI=1S/C20H20N2O4/c23-18-6-3-11-22(18)13-17-5-2-1-4-16(17)12-21-19(24)14-7-9-15(10-8-14)20(25)26/h1-2,4-5,7-10H,3,6,11-13H2,(H,21,24)(H,25,26). The number of aromatic carboxylic acids is 1. The first-order valence-corrected chi connectivity index (χ1v) is 8.50. The molecule has 134 valence electrons. The molecule has 1 saturated heterocycles. The number of rotatable bonds is 6. The highest BCUT2D eigenvalue weighted by Gasteiger charge is 2.21. The molecule has 0 aliphatic carbocycles. The van der Waals surface area contributed by atoms with E-state index in [0.717, 1.165) is 24.1 Å². The molecule has 26 heavy (non-hydrogen) atoms. The molecule has 2 aromatic carbocycles. The first-order chi connectivity index (χ1) is 12.5. The zero-order chi connectivity index (χ0) is 18.5. The zero-order valence-corrected chi connectivity index (χ0v) is 14.3. The number of carboxylic acid groups (broad SMARTS) is 1. The van der Waals surface area contributed by atoms with E-state index in [2.05, 4.69) is 5.32 Å². The lowest BCUT2D eigenvalue weighted by Crippen LogP contribution is -2.26. The van der Waals surface area contributed by atoms with Gasteiger partial charge in [0, 0.05) is 31.6 Å². The van der Waals surface area contributed by atoms with Gasteiger partial charge in [-0.3, -0.25) is 9.59 Å². The summed E-state index contributed by atoms with van der Waals surface area (Å²) in [4.78, 5) is 36.8. The van der Waals surface area contributed by atoms with Crippen molar-refractivity contribution in [2.75, 3.05) is 6.54 Å². The molecule has 2 aromatic rings. The molecule has 3 rings (SSSR count). The predicted octanol–water partition coefficient (Wildman–Crippen LogP) is 2.44. The van der Waals surface area contributed by atoms with Gasteiger partial charge in [-0.15, -0.1) is 0 Å². The van der Waals surface area contributed by atoms with Gasteiger partial charge in [0.1, 0.15) is 0 Å². The fourth-order valence-electron chi connectivity index (χ4n) is 3.00. The Kier molecular flexibility index (Phi) is 5.31. The van der Waals surface area contributed by atoms with Gasteiger partial charge in [-0.25, -0.2) is 4.79 Å². The topological polar surface area (TPSA) is 86.7 Å². The lowest BCUT2D eigenvalue weighted by molar-refractivity contribution is -0.128. The van der Waals surface area contributed by atoms with Gasteiger partial charge in [-0.05, 0) is 41.8 Å². The van der Waals surface area contributed by atoms with Crippen molar-refractivity contribution in [3.05, 3.63) is 70.8 Å². The minimum atomic E-state index is -1.03. The fourth-order valence-corrected chi connectivity index (χ4v) is 3.00. The maximum absolute atomic E-state index is 12.3. The maximum Gasteiger partial charge on any atom is 0.335 e. The van der Waals surface area contributed by atoms with Crippen LogP contribution in [0.5, 0.6) is 0 Å². The predicted molar refractivity (Wildman–Crippen MR) is 95.7 cm³/mol. The van der Waals surface area contributed by atoms with Gasteiger partial charge in [-0.2, -0.15) is 0 Å². The number of nitrogens with one attached hydrogen (secondary N) is 1. The Bertz CT molecular complexity index is 830. The monoisotopic (exact) mass is 352 g/mol. The van der Waals surface area contributed by atoms with Crippen molar-refractivity contribution in [1.82, 2.24) is 10.2 Å². The first-order valence-electron chi connectivity index (χ1n) is 8.50. The van der Waals surface area contributed by atoms with Crippen molar-refractivity contribution in [1.29, 1.82) is 0 Å². The smallest absolute Gasteiger partial charge is 0.335 e. The number of carbonyl (C=O) groups is 3. The third kappa shape index (κ3) is 4.08. The van der Waals surface area contributed by atoms with E-state index < -0.39 is 5.97 Å². The largest absolute Gasteiger partial charge is 0.478 e. The molecule has 2 amide bonds. The molecule has 1 heterocycles. The molecule has 1 aliphatic heterocycles. The van der Waals surface area contributed by atoms with Crippen LogP contribution in [-0.4, -0.2) is 34.3 Å². The van der Waals surface area contributed by atoms with Crippen molar-refractivity contribution < 1.29 is 19.5 Å².